The molecule has 1 saturated carbocycles. The lowest BCUT2D eigenvalue weighted by Crippen LogP contribution is -2.18. The molecule has 1 aliphatic rings. The predicted molar refractivity (Wildman–Crippen MR) is 47.0 cm³/mol. The predicted octanol–water partition coefficient (Wildman–Crippen LogP) is 0.408. The first-order valence-corrected chi connectivity index (χ1v) is 4.40. The molecule has 0 unspecified atom stereocenters. The zero-order valence-electron chi connectivity index (χ0n) is 7.40. The maximum absolute atomic E-state index is 5.91. The Hall–Kier alpha value is -1.69. The Kier molecular flexibility index (Phi) is 1.33. The van der Waals surface area contributed by atoms with Crippen molar-refractivity contribution in [1.82, 2.24) is 20.3 Å². The highest BCUT2D eigenvalue weighted by atomic mass is 16.5. The summed E-state index contributed by atoms with van der Waals surface area (Å²) >= 11 is 0. The van der Waals surface area contributed by atoms with Crippen molar-refractivity contribution in [2.45, 2.75) is 18.4 Å². The third kappa shape index (κ3) is 1.04. The standard InChI is InChI=1S/C8H9N5O/c9-8(1-2-8)7-12-6(13-14-7)5-3-10-11-4-5/h3-4H,1-2,9H2,(H,10,11). The summed E-state index contributed by atoms with van der Waals surface area (Å²) in [5.74, 6) is 1.05. The van der Waals surface area contributed by atoms with Crippen LogP contribution in [0, 0.1) is 0 Å². The highest BCUT2D eigenvalue weighted by molar-refractivity contribution is 5.50. The summed E-state index contributed by atoms with van der Waals surface area (Å²) in [7, 11) is 0. The minimum Gasteiger partial charge on any atom is -0.337 e. The Labute approximate surface area is 79.5 Å². The molecule has 2 heterocycles. The molecular weight excluding hydrogens is 182 g/mol. The topological polar surface area (TPSA) is 93.6 Å². The molecule has 0 aliphatic heterocycles. The van der Waals surface area contributed by atoms with Crippen molar-refractivity contribution in [2.75, 3.05) is 0 Å². The highest BCUT2D eigenvalue weighted by Gasteiger charge is 2.45. The second-order valence-corrected chi connectivity index (χ2v) is 3.57. The molecule has 1 aliphatic carbocycles. The number of hydrogen-bond acceptors (Lipinski definition) is 5. The second-order valence-electron chi connectivity index (χ2n) is 3.57. The maximum Gasteiger partial charge on any atom is 0.247 e. The summed E-state index contributed by atoms with van der Waals surface area (Å²) in [6.07, 6.45) is 5.19. The number of aromatic nitrogens is 4. The van der Waals surface area contributed by atoms with E-state index in [2.05, 4.69) is 20.3 Å². The fraction of sp³-hybridized carbons (Fsp3) is 0.375. The summed E-state index contributed by atoms with van der Waals surface area (Å²) in [5, 5.41) is 10.3. The first kappa shape index (κ1) is 7.69. The van der Waals surface area contributed by atoms with Crippen LogP contribution in [0.2, 0.25) is 0 Å². The van der Waals surface area contributed by atoms with Gasteiger partial charge in [-0.25, -0.2) is 0 Å². The number of rotatable bonds is 2. The van der Waals surface area contributed by atoms with Crippen LogP contribution in [0.1, 0.15) is 18.7 Å². The second kappa shape index (κ2) is 2.42. The highest BCUT2D eigenvalue weighted by Crippen LogP contribution is 2.41. The molecular formula is C8H9N5O. The number of aromatic amines is 1. The van der Waals surface area contributed by atoms with Gasteiger partial charge in [0.05, 0.1) is 17.3 Å². The minimum absolute atomic E-state index is 0.366. The summed E-state index contributed by atoms with van der Waals surface area (Å²) in [4.78, 5) is 4.22. The van der Waals surface area contributed by atoms with Crippen molar-refractivity contribution >= 4 is 0 Å². The van der Waals surface area contributed by atoms with E-state index in [0.717, 1.165) is 18.4 Å². The lowest BCUT2D eigenvalue weighted by atomic mass is 10.3. The Balaban J connectivity index is 1.98. The van der Waals surface area contributed by atoms with Gasteiger partial charge in [0.2, 0.25) is 11.7 Å². The minimum atomic E-state index is -0.366. The molecule has 3 rings (SSSR count). The van der Waals surface area contributed by atoms with E-state index in [1.165, 1.54) is 0 Å². The van der Waals surface area contributed by atoms with Crippen molar-refractivity contribution in [3.05, 3.63) is 18.3 Å². The van der Waals surface area contributed by atoms with E-state index < -0.39 is 0 Å². The zero-order valence-corrected chi connectivity index (χ0v) is 7.40. The fourth-order valence-electron chi connectivity index (χ4n) is 1.26. The Morgan fingerprint density at radius 3 is 3.00 bits per heavy atom. The Bertz CT molecular complexity index is 442. The van der Waals surface area contributed by atoms with Crippen LogP contribution in [0.3, 0.4) is 0 Å². The number of H-pyrrole nitrogens is 1. The van der Waals surface area contributed by atoms with Crippen LogP contribution in [0.5, 0.6) is 0 Å². The largest absolute Gasteiger partial charge is 0.337 e. The van der Waals surface area contributed by atoms with Crippen molar-refractivity contribution in [2.24, 2.45) is 5.73 Å². The van der Waals surface area contributed by atoms with Crippen LogP contribution in [0.25, 0.3) is 11.4 Å². The van der Waals surface area contributed by atoms with Gasteiger partial charge in [0.25, 0.3) is 0 Å². The van der Waals surface area contributed by atoms with Crippen molar-refractivity contribution < 1.29 is 4.52 Å². The molecule has 3 N–H and O–H groups in total. The van der Waals surface area contributed by atoms with E-state index >= 15 is 0 Å². The van der Waals surface area contributed by atoms with Gasteiger partial charge in [0.1, 0.15) is 0 Å². The molecule has 0 bridgehead atoms. The Morgan fingerprint density at radius 1 is 1.50 bits per heavy atom. The lowest BCUT2D eigenvalue weighted by Gasteiger charge is -1.97. The molecule has 0 aromatic carbocycles. The number of nitrogens with one attached hydrogen (secondary N) is 1. The van der Waals surface area contributed by atoms with Gasteiger partial charge in [-0.1, -0.05) is 5.16 Å². The van der Waals surface area contributed by atoms with Gasteiger partial charge in [-0.2, -0.15) is 10.1 Å². The molecule has 0 spiro atoms. The third-order valence-electron chi connectivity index (χ3n) is 2.40. The third-order valence-corrected chi connectivity index (χ3v) is 2.40. The smallest absolute Gasteiger partial charge is 0.247 e. The van der Waals surface area contributed by atoms with E-state index in [1.54, 1.807) is 12.4 Å². The molecule has 1 fully saturated rings. The molecule has 2 aromatic heterocycles. The van der Waals surface area contributed by atoms with Crippen LogP contribution in [-0.4, -0.2) is 20.3 Å². The molecule has 6 nitrogen and oxygen atoms in total. The Morgan fingerprint density at radius 2 is 2.36 bits per heavy atom. The molecule has 0 radical (unpaired) electrons. The lowest BCUT2D eigenvalue weighted by molar-refractivity contribution is 0.348. The van der Waals surface area contributed by atoms with Crippen molar-refractivity contribution in [3.8, 4) is 11.4 Å². The van der Waals surface area contributed by atoms with Gasteiger partial charge in [0.15, 0.2) is 0 Å². The van der Waals surface area contributed by atoms with Crippen LogP contribution < -0.4 is 5.73 Å². The summed E-state index contributed by atoms with van der Waals surface area (Å²) in [6, 6.07) is 0. The van der Waals surface area contributed by atoms with Gasteiger partial charge in [-0.05, 0) is 12.8 Å². The molecule has 0 amide bonds. The SMILES string of the molecule is NC1(c2nc(-c3cn[nH]c3)no2)CC1. The fourth-order valence-corrected chi connectivity index (χ4v) is 1.26. The first-order chi connectivity index (χ1) is 6.78. The molecule has 0 saturated heterocycles. The average molecular weight is 191 g/mol. The maximum atomic E-state index is 5.91. The van der Waals surface area contributed by atoms with Crippen molar-refractivity contribution in [3.63, 3.8) is 0 Å². The van der Waals surface area contributed by atoms with E-state index in [9.17, 15) is 0 Å². The number of nitrogens with zero attached hydrogens (tertiary/aromatic N) is 3. The number of nitrogens with two attached hydrogens (primary N) is 1. The molecule has 0 atom stereocenters. The van der Waals surface area contributed by atoms with Gasteiger partial charge in [0, 0.05) is 6.20 Å². The van der Waals surface area contributed by atoms with Crippen LogP contribution >= 0.6 is 0 Å². The van der Waals surface area contributed by atoms with E-state index in [0.29, 0.717) is 11.7 Å². The van der Waals surface area contributed by atoms with Gasteiger partial charge in [-0.3, -0.25) is 5.10 Å². The quantitative estimate of drug-likeness (QED) is 0.716. The normalized spacial score (nSPS) is 18.4. The van der Waals surface area contributed by atoms with E-state index in [1.807, 2.05) is 0 Å². The molecule has 72 valence electrons. The molecule has 2 aromatic rings. The van der Waals surface area contributed by atoms with E-state index in [-0.39, 0.29) is 5.54 Å². The summed E-state index contributed by atoms with van der Waals surface area (Å²) in [6.45, 7) is 0. The van der Waals surface area contributed by atoms with Crippen LogP contribution in [-0.2, 0) is 5.54 Å². The van der Waals surface area contributed by atoms with Gasteiger partial charge < -0.3 is 10.3 Å². The van der Waals surface area contributed by atoms with Gasteiger partial charge >= 0.3 is 0 Å². The van der Waals surface area contributed by atoms with Gasteiger partial charge in [-0.15, -0.1) is 0 Å². The number of hydrogen-bond donors (Lipinski definition) is 2. The molecule has 6 heteroatoms. The van der Waals surface area contributed by atoms with Crippen molar-refractivity contribution in [1.29, 1.82) is 0 Å². The zero-order chi connectivity index (χ0) is 9.60. The summed E-state index contributed by atoms with van der Waals surface area (Å²) < 4.78 is 5.09. The van der Waals surface area contributed by atoms with E-state index in [4.69, 9.17) is 10.3 Å². The van der Waals surface area contributed by atoms with Crippen LogP contribution in [0.15, 0.2) is 16.9 Å². The van der Waals surface area contributed by atoms with Crippen LogP contribution in [0.4, 0.5) is 0 Å². The average Bonchev–Trinajstić information content (AvgIpc) is 2.73. The summed E-state index contributed by atoms with van der Waals surface area (Å²) in [5.41, 5.74) is 6.36. The molecule has 14 heavy (non-hydrogen) atoms. The monoisotopic (exact) mass is 191 g/mol. The first-order valence-electron chi connectivity index (χ1n) is 4.40.